The third-order valence-electron chi connectivity index (χ3n) is 7.94. The van der Waals surface area contributed by atoms with Crippen LogP contribution in [0.25, 0.3) is 16.7 Å². The molecule has 0 spiro atoms. The third kappa shape index (κ3) is 4.67. The van der Waals surface area contributed by atoms with Crippen molar-refractivity contribution >= 4 is 22.6 Å². The molecule has 4 aromatic rings. The van der Waals surface area contributed by atoms with Gasteiger partial charge in [0.2, 0.25) is 0 Å². The summed E-state index contributed by atoms with van der Waals surface area (Å²) in [6, 6.07) is 11.6. The number of nitrogens with zero attached hydrogens (tertiary/aromatic N) is 6. The van der Waals surface area contributed by atoms with Gasteiger partial charge in [0.15, 0.2) is 0 Å². The lowest BCUT2D eigenvalue weighted by atomic mass is 9.98. The molecule has 2 aliphatic heterocycles. The molecule has 1 amide bonds. The maximum absolute atomic E-state index is 13.7. The van der Waals surface area contributed by atoms with Crippen molar-refractivity contribution in [3.63, 3.8) is 0 Å². The first-order valence-corrected chi connectivity index (χ1v) is 13.7. The van der Waals surface area contributed by atoms with Crippen LogP contribution >= 0.6 is 0 Å². The van der Waals surface area contributed by atoms with Crippen LogP contribution in [0.2, 0.25) is 0 Å². The summed E-state index contributed by atoms with van der Waals surface area (Å²) in [5.74, 6) is 0.879. The first kappa shape index (κ1) is 24.6. The number of hydrogen-bond acceptors (Lipinski definition) is 6. The van der Waals surface area contributed by atoms with Crippen LogP contribution in [0.1, 0.15) is 49.5 Å². The van der Waals surface area contributed by atoms with E-state index in [1.165, 1.54) is 0 Å². The van der Waals surface area contributed by atoms with E-state index in [-0.39, 0.29) is 17.6 Å². The molecule has 0 N–H and O–H groups in total. The predicted octanol–water partition coefficient (Wildman–Crippen LogP) is 3.60. The van der Waals surface area contributed by atoms with Crippen molar-refractivity contribution in [2.24, 2.45) is 0 Å². The molecule has 9 nitrogen and oxygen atoms in total. The molecule has 9 heteroatoms. The van der Waals surface area contributed by atoms with Gasteiger partial charge in [-0.3, -0.25) is 23.9 Å². The Morgan fingerprint density at radius 3 is 2.53 bits per heavy atom. The van der Waals surface area contributed by atoms with Crippen molar-refractivity contribution in [1.82, 2.24) is 28.7 Å². The lowest BCUT2D eigenvalue weighted by Gasteiger charge is -2.41. The van der Waals surface area contributed by atoms with Gasteiger partial charge in [-0.25, -0.2) is 4.98 Å². The zero-order valence-electron chi connectivity index (χ0n) is 21.8. The summed E-state index contributed by atoms with van der Waals surface area (Å²) in [7, 11) is 0. The number of pyridine rings is 2. The number of piperidine rings is 2. The Labute approximate surface area is 221 Å². The topological polar surface area (TPSA) is 85.0 Å². The van der Waals surface area contributed by atoms with Crippen LogP contribution in [0.3, 0.4) is 0 Å². The van der Waals surface area contributed by atoms with Crippen molar-refractivity contribution in [2.45, 2.75) is 57.7 Å². The van der Waals surface area contributed by atoms with E-state index < -0.39 is 0 Å². The molecule has 4 aromatic heterocycles. The second-order valence-electron chi connectivity index (χ2n) is 10.3. The number of aromatic nitrogens is 4. The van der Waals surface area contributed by atoms with E-state index in [1.807, 2.05) is 39.8 Å². The first-order valence-electron chi connectivity index (χ1n) is 13.7. The zero-order chi connectivity index (χ0) is 26.1. The molecule has 2 saturated heterocycles. The summed E-state index contributed by atoms with van der Waals surface area (Å²) in [5, 5.41) is 0.497. The SMILES string of the molecule is CCCn1c(C(=O)N2CCC(N3CCC(Oc4ccncc4)CC3)CC2)cc2c(=O)n3ccccc3nc21. The van der Waals surface area contributed by atoms with Gasteiger partial charge in [0.25, 0.3) is 11.5 Å². The third-order valence-corrected chi connectivity index (χ3v) is 7.94. The smallest absolute Gasteiger partial charge is 0.270 e. The summed E-state index contributed by atoms with van der Waals surface area (Å²) in [6.45, 7) is 6.19. The molecule has 0 atom stereocenters. The first-order chi connectivity index (χ1) is 18.6. The highest BCUT2D eigenvalue weighted by molar-refractivity contribution is 5.98. The second kappa shape index (κ2) is 10.6. The molecule has 38 heavy (non-hydrogen) atoms. The van der Waals surface area contributed by atoms with Crippen LogP contribution in [0.5, 0.6) is 5.75 Å². The fourth-order valence-electron chi connectivity index (χ4n) is 5.94. The highest BCUT2D eigenvalue weighted by Gasteiger charge is 2.32. The van der Waals surface area contributed by atoms with E-state index in [0.717, 1.165) is 64.0 Å². The summed E-state index contributed by atoms with van der Waals surface area (Å²) < 4.78 is 9.61. The normalized spacial score (nSPS) is 17.9. The number of likely N-dealkylation sites (tertiary alicyclic amines) is 2. The van der Waals surface area contributed by atoms with Gasteiger partial charge < -0.3 is 14.2 Å². The van der Waals surface area contributed by atoms with Gasteiger partial charge in [0.05, 0.1) is 5.39 Å². The number of fused-ring (bicyclic) bond motifs is 2. The Morgan fingerprint density at radius 2 is 1.79 bits per heavy atom. The average molecular weight is 515 g/mol. The largest absolute Gasteiger partial charge is 0.490 e. The maximum Gasteiger partial charge on any atom is 0.270 e. The van der Waals surface area contributed by atoms with Crippen molar-refractivity contribution < 1.29 is 9.53 Å². The van der Waals surface area contributed by atoms with Crippen molar-refractivity contribution in [3.8, 4) is 5.75 Å². The maximum atomic E-state index is 13.7. The Bertz CT molecular complexity index is 1480. The molecule has 0 bridgehead atoms. The number of amides is 1. The van der Waals surface area contributed by atoms with Crippen LogP contribution in [-0.2, 0) is 6.54 Å². The van der Waals surface area contributed by atoms with Crippen LogP contribution < -0.4 is 10.3 Å². The monoisotopic (exact) mass is 514 g/mol. The minimum absolute atomic E-state index is 0.00665. The Balaban J connectivity index is 1.12. The summed E-state index contributed by atoms with van der Waals surface area (Å²) in [6.07, 6.45) is 10.3. The minimum atomic E-state index is -0.135. The van der Waals surface area contributed by atoms with Gasteiger partial charge in [-0.1, -0.05) is 13.0 Å². The van der Waals surface area contributed by atoms with Crippen LogP contribution in [0.15, 0.2) is 59.8 Å². The molecule has 0 aliphatic carbocycles. The van der Waals surface area contributed by atoms with Gasteiger partial charge in [-0.15, -0.1) is 0 Å². The van der Waals surface area contributed by atoms with Crippen molar-refractivity contribution in [3.05, 3.63) is 71.0 Å². The fourth-order valence-corrected chi connectivity index (χ4v) is 5.94. The van der Waals surface area contributed by atoms with E-state index in [0.29, 0.717) is 35.0 Å². The van der Waals surface area contributed by atoms with Gasteiger partial charge in [-0.2, -0.15) is 0 Å². The van der Waals surface area contributed by atoms with Crippen molar-refractivity contribution in [2.75, 3.05) is 26.2 Å². The molecule has 0 saturated carbocycles. The van der Waals surface area contributed by atoms with E-state index in [9.17, 15) is 9.59 Å². The second-order valence-corrected chi connectivity index (χ2v) is 10.3. The molecule has 6 heterocycles. The zero-order valence-corrected chi connectivity index (χ0v) is 21.8. The molecule has 0 aromatic carbocycles. The van der Waals surface area contributed by atoms with Crippen LogP contribution in [0.4, 0.5) is 0 Å². The highest BCUT2D eigenvalue weighted by atomic mass is 16.5. The standard InChI is InChI=1S/C29H34N6O3/c1-2-14-34-25(20-24-27(34)31-26-5-3-4-15-35(26)28(24)36)29(37)33-16-8-21(9-17-33)32-18-10-23(11-19-32)38-22-6-12-30-13-7-22/h3-7,12-13,15,20-21,23H,2,8-11,14,16-19H2,1H3. The summed E-state index contributed by atoms with van der Waals surface area (Å²) in [5.41, 5.74) is 1.62. The predicted molar refractivity (Wildman–Crippen MR) is 146 cm³/mol. The van der Waals surface area contributed by atoms with E-state index >= 15 is 0 Å². The van der Waals surface area contributed by atoms with Crippen LogP contribution in [0, 0.1) is 0 Å². The van der Waals surface area contributed by atoms with E-state index in [4.69, 9.17) is 9.72 Å². The summed E-state index contributed by atoms with van der Waals surface area (Å²) >= 11 is 0. The number of hydrogen-bond donors (Lipinski definition) is 0. The molecule has 2 fully saturated rings. The number of carbonyl (C=O) groups is 1. The van der Waals surface area contributed by atoms with Crippen LogP contribution in [-0.4, -0.2) is 73.0 Å². The molecule has 0 unspecified atom stereocenters. The number of rotatable bonds is 6. The van der Waals surface area contributed by atoms with Gasteiger partial charge in [-0.05, 0) is 62.4 Å². The number of carbonyl (C=O) groups excluding carboxylic acids is 1. The summed E-state index contributed by atoms with van der Waals surface area (Å²) in [4.78, 5) is 40.2. The molecular formula is C29H34N6O3. The number of ether oxygens (including phenoxy) is 1. The quantitative estimate of drug-likeness (QED) is 0.391. The lowest BCUT2D eigenvalue weighted by molar-refractivity contribution is 0.0420. The van der Waals surface area contributed by atoms with E-state index in [1.54, 1.807) is 29.1 Å². The van der Waals surface area contributed by atoms with Crippen molar-refractivity contribution in [1.29, 1.82) is 0 Å². The minimum Gasteiger partial charge on any atom is -0.490 e. The van der Waals surface area contributed by atoms with Gasteiger partial charge >= 0.3 is 0 Å². The molecule has 198 valence electrons. The Morgan fingerprint density at radius 1 is 1.03 bits per heavy atom. The van der Waals surface area contributed by atoms with E-state index in [2.05, 4.69) is 16.8 Å². The number of aryl methyl sites for hydroxylation is 1. The molecule has 2 aliphatic rings. The Hall–Kier alpha value is -3.72. The highest BCUT2D eigenvalue weighted by Crippen LogP contribution is 2.25. The lowest BCUT2D eigenvalue weighted by Crippen LogP contribution is -2.50. The fraction of sp³-hybridized carbons (Fsp3) is 0.448. The molecule has 6 rings (SSSR count). The average Bonchev–Trinajstić information content (AvgIpc) is 3.32. The Kier molecular flexibility index (Phi) is 6.84. The van der Waals surface area contributed by atoms with Gasteiger partial charge in [0, 0.05) is 57.4 Å². The molecule has 0 radical (unpaired) electrons. The molecular weight excluding hydrogens is 480 g/mol. The van der Waals surface area contributed by atoms with Gasteiger partial charge in [0.1, 0.15) is 28.8 Å².